The van der Waals surface area contributed by atoms with E-state index in [1.165, 1.54) is 25.4 Å². The minimum absolute atomic E-state index is 0.0538. The van der Waals surface area contributed by atoms with E-state index in [0.29, 0.717) is 0 Å². The molecule has 0 spiro atoms. The first-order valence-electron chi connectivity index (χ1n) is 5.09. The Hall–Kier alpha value is -2.50. The standard InChI is InChI=1S/C12H10FN3O2/c1-18-12(17)10-11(14)15-6-9(16-10)7-4-2-3-5-8(7)13/h2-6H,1H3,(H2,14,15). The van der Waals surface area contributed by atoms with Gasteiger partial charge >= 0.3 is 5.97 Å². The third kappa shape index (κ3) is 2.13. The number of halogens is 1. The van der Waals surface area contributed by atoms with E-state index in [4.69, 9.17) is 5.73 Å². The van der Waals surface area contributed by atoms with Crippen LogP contribution in [0.3, 0.4) is 0 Å². The maximum absolute atomic E-state index is 13.6. The van der Waals surface area contributed by atoms with Crippen molar-refractivity contribution in [3.63, 3.8) is 0 Å². The smallest absolute Gasteiger partial charge is 0.360 e. The molecule has 6 heteroatoms. The number of benzene rings is 1. The van der Waals surface area contributed by atoms with Crippen LogP contribution < -0.4 is 5.73 Å². The topological polar surface area (TPSA) is 78.1 Å². The van der Waals surface area contributed by atoms with E-state index >= 15 is 0 Å². The highest BCUT2D eigenvalue weighted by atomic mass is 19.1. The van der Waals surface area contributed by atoms with Gasteiger partial charge < -0.3 is 10.5 Å². The number of ether oxygens (including phenoxy) is 1. The van der Waals surface area contributed by atoms with E-state index < -0.39 is 11.8 Å². The molecule has 0 saturated carbocycles. The molecule has 0 unspecified atom stereocenters. The lowest BCUT2D eigenvalue weighted by atomic mass is 10.1. The number of nitrogens with two attached hydrogens (primary N) is 1. The highest BCUT2D eigenvalue weighted by molar-refractivity contribution is 5.92. The highest BCUT2D eigenvalue weighted by Crippen LogP contribution is 2.21. The van der Waals surface area contributed by atoms with Crippen molar-refractivity contribution in [2.45, 2.75) is 0 Å². The van der Waals surface area contributed by atoms with Crippen molar-refractivity contribution in [3.8, 4) is 11.3 Å². The van der Waals surface area contributed by atoms with Crippen LogP contribution in [-0.4, -0.2) is 23.0 Å². The lowest BCUT2D eigenvalue weighted by Gasteiger charge is -2.06. The normalized spacial score (nSPS) is 10.1. The van der Waals surface area contributed by atoms with Crippen molar-refractivity contribution in [2.75, 3.05) is 12.8 Å². The number of hydrogen-bond donors (Lipinski definition) is 1. The van der Waals surface area contributed by atoms with Crippen LogP contribution in [0.5, 0.6) is 0 Å². The van der Waals surface area contributed by atoms with Gasteiger partial charge in [0.15, 0.2) is 11.5 Å². The molecule has 1 aromatic carbocycles. The van der Waals surface area contributed by atoms with E-state index in [-0.39, 0.29) is 22.8 Å². The van der Waals surface area contributed by atoms with Crippen LogP contribution in [0.15, 0.2) is 30.5 Å². The fraction of sp³-hybridized carbons (Fsp3) is 0.0833. The van der Waals surface area contributed by atoms with Gasteiger partial charge in [-0.3, -0.25) is 0 Å². The Kier molecular flexibility index (Phi) is 3.18. The molecule has 0 saturated heterocycles. The maximum Gasteiger partial charge on any atom is 0.360 e. The summed E-state index contributed by atoms with van der Waals surface area (Å²) in [6, 6.07) is 6.06. The molecule has 2 rings (SSSR count). The molecule has 0 aliphatic carbocycles. The SMILES string of the molecule is COC(=O)c1nc(-c2ccccc2F)cnc1N. The zero-order chi connectivity index (χ0) is 13.1. The fourth-order valence-electron chi connectivity index (χ4n) is 1.44. The van der Waals surface area contributed by atoms with Crippen LogP contribution in [0, 0.1) is 5.82 Å². The molecular formula is C12H10FN3O2. The molecule has 92 valence electrons. The summed E-state index contributed by atoms with van der Waals surface area (Å²) in [7, 11) is 1.21. The second kappa shape index (κ2) is 4.79. The first kappa shape index (κ1) is 12.0. The number of nitrogens with zero attached hydrogens (tertiary/aromatic N) is 2. The van der Waals surface area contributed by atoms with Crippen molar-refractivity contribution in [1.82, 2.24) is 9.97 Å². The molecule has 0 aliphatic rings. The largest absolute Gasteiger partial charge is 0.464 e. The Bertz CT molecular complexity index is 602. The average molecular weight is 247 g/mol. The molecule has 2 aromatic rings. The molecule has 0 bridgehead atoms. The summed E-state index contributed by atoms with van der Waals surface area (Å²) in [5, 5.41) is 0. The first-order valence-corrected chi connectivity index (χ1v) is 5.09. The predicted octanol–water partition coefficient (Wildman–Crippen LogP) is 1.65. The van der Waals surface area contributed by atoms with Gasteiger partial charge in [0.05, 0.1) is 19.0 Å². The number of aromatic nitrogens is 2. The molecule has 0 fully saturated rings. The number of esters is 1. The van der Waals surface area contributed by atoms with Crippen LogP contribution in [0.1, 0.15) is 10.5 Å². The van der Waals surface area contributed by atoms with Gasteiger partial charge in [0, 0.05) is 5.56 Å². The minimum atomic E-state index is -0.710. The Morgan fingerprint density at radius 2 is 2.11 bits per heavy atom. The molecular weight excluding hydrogens is 237 g/mol. The number of rotatable bonds is 2. The van der Waals surface area contributed by atoms with Crippen LogP contribution in [0.2, 0.25) is 0 Å². The van der Waals surface area contributed by atoms with E-state index in [0.717, 1.165) is 0 Å². The van der Waals surface area contributed by atoms with Crippen LogP contribution in [0.25, 0.3) is 11.3 Å². The number of anilines is 1. The number of hydrogen-bond acceptors (Lipinski definition) is 5. The van der Waals surface area contributed by atoms with Gasteiger partial charge in [-0.2, -0.15) is 0 Å². The average Bonchev–Trinajstić information content (AvgIpc) is 2.39. The van der Waals surface area contributed by atoms with E-state index in [9.17, 15) is 9.18 Å². The van der Waals surface area contributed by atoms with Crippen molar-refractivity contribution in [2.24, 2.45) is 0 Å². The Balaban J connectivity index is 2.54. The lowest BCUT2D eigenvalue weighted by molar-refractivity contribution is 0.0595. The van der Waals surface area contributed by atoms with Gasteiger partial charge in [-0.15, -0.1) is 0 Å². The molecule has 0 radical (unpaired) electrons. The van der Waals surface area contributed by atoms with Gasteiger partial charge in [0.2, 0.25) is 0 Å². The third-order valence-electron chi connectivity index (χ3n) is 2.33. The highest BCUT2D eigenvalue weighted by Gasteiger charge is 2.16. The maximum atomic E-state index is 13.6. The van der Waals surface area contributed by atoms with E-state index in [1.54, 1.807) is 12.1 Å². The molecule has 18 heavy (non-hydrogen) atoms. The predicted molar refractivity (Wildman–Crippen MR) is 63.2 cm³/mol. The van der Waals surface area contributed by atoms with Crippen molar-refractivity contribution in [3.05, 3.63) is 42.0 Å². The van der Waals surface area contributed by atoms with Crippen molar-refractivity contribution < 1.29 is 13.9 Å². The summed E-state index contributed by atoms with van der Waals surface area (Å²) in [6.45, 7) is 0. The second-order valence-corrected chi connectivity index (χ2v) is 3.46. The summed E-state index contributed by atoms with van der Waals surface area (Å²) >= 11 is 0. The lowest BCUT2D eigenvalue weighted by Crippen LogP contribution is -2.10. The molecule has 1 heterocycles. The van der Waals surface area contributed by atoms with Crippen molar-refractivity contribution >= 4 is 11.8 Å². The quantitative estimate of drug-likeness (QED) is 0.816. The summed E-state index contributed by atoms with van der Waals surface area (Å²) < 4.78 is 18.1. The van der Waals surface area contributed by atoms with Gasteiger partial charge in [0.25, 0.3) is 0 Å². The number of carbonyl (C=O) groups is 1. The van der Waals surface area contributed by atoms with Gasteiger partial charge in [-0.25, -0.2) is 19.2 Å². The Morgan fingerprint density at radius 1 is 1.39 bits per heavy atom. The molecule has 2 N–H and O–H groups in total. The van der Waals surface area contributed by atoms with Crippen molar-refractivity contribution in [1.29, 1.82) is 0 Å². The Morgan fingerprint density at radius 3 is 2.78 bits per heavy atom. The molecule has 0 aliphatic heterocycles. The molecule has 1 aromatic heterocycles. The molecule has 0 amide bonds. The number of carbonyl (C=O) groups excluding carboxylic acids is 1. The first-order chi connectivity index (χ1) is 8.63. The minimum Gasteiger partial charge on any atom is -0.464 e. The van der Waals surface area contributed by atoms with Crippen LogP contribution >= 0.6 is 0 Å². The monoisotopic (exact) mass is 247 g/mol. The zero-order valence-corrected chi connectivity index (χ0v) is 9.55. The van der Waals surface area contributed by atoms with E-state index in [2.05, 4.69) is 14.7 Å². The number of methoxy groups -OCH3 is 1. The fourth-order valence-corrected chi connectivity index (χ4v) is 1.44. The second-order valence-electron chi connectivity index (χ2n) is 3.46. The van der Waals surface area contributed by atoms with E-state index in [1.807, 2.05) is 0 Å². The van der Waals surface area contributed by atoms with Gasteiger partial charge in [-0.05, 0) is 12.1 Å². The van der Waals surface area contributed by atoms with Gasteiger partial charge in [-0.1, -0.05) is 12.1 Å². The van der Waals surface area contributed by atoms with Gasteiger partial charge in [0.1, 0.15) is 5.82 Å². The molecule has 5 nitrogen and oxygen atoms in total. The number of nitrogen functional groups attached to an aromatic ring is 1. The zero-order valence-electron chi connectivity index (χ0n) is 9.55. The van der Waals surface area contributed by atoms with Crippen LogP contribution in [0.4, 0.5) is 10.2 Å². The summed E-state index contributed by atoms with van der Waals surface area (Å²) in [4.78, 5) is 19.2. The summed E-state index contributed by atoms with van der Waals surface area (Å²) in [5.74, 6) is -1.22. The third-order valence-corrected chi connectivity index (χ3v) is 2.33. The van der Waals surface area contributed by atoms with Crippen LogP contribution in [-0.2, 0) is 4.74 Å². The summed E-state index contributed by atoms with van der Waals surface area (Å²) in [5.41, 5.74) is 5.86. The molecule has 0 atom stereocenters. The summed E-state index contributed by atoms with van der Waals surface area (Å²) in [6.07, 6.45) is 1.31. The Labute approximate surface area is 102 Å².